The zero-order chi connectivity index (χ0) is 10.5. The van der Waals surface area contributed by atoms with Gasteiger partial charge in [-0.2, -0.15) is 12.6 Å². The number of unbranched alkanes of at least 4 members (excludes halogenated alkanes) is 1. The van der Waals surface area contributed by atoms with Gasteiger partial charge in [-0.25, -0.2) is 0 Å². The molecule has 0 radical (unpaired) electrons. The van der Waals surface area contributed by atoms with E-state index < -0.39 is 0 Å². The lowest BCUT2D eigenvalue weighted by Gasteiger charge is -2.05. The second kappa shape index (κ2) is 13.2. The van der Waals surface area contributed by atoms with Crippen molar-refractivity contribution in [2.75, 3.05) is 45.9 Å². The summed E-state index contributed by atoms with van der Waals surface area (Å²) in [6.45, 7) is 3.72. The molecule has 0 aliphatic rings. The Kier molecular flexibility index (Phi) is 13.4. The number of methoxy groups -OCH3 is 1. The number of hydrogen-bond acceptors (Lipinski definition) is 4. The molecule has 0 N–H and O–H groups in total. The average Bonchev–Trinajstić information content (AvgIpc) is 2.21. The zero-order valence-electron chi connectivity index (χ0n) is 9.04. The number of ether oxygens (including phenoxy) is 3. The second-order valence-electron chi connectivity index (χ2n) is 3.00. The van der Waals surface area contributed by atoms with E-state index in [-0.39, 0.29) is 0 Å². The van der Waals surface area contributed by atoms with E-state index in [4.69, 9.17) is 14.2 Å². The fourth-order valence-corrected chi connectivity index (χ4v) is 1.17. The summed E-state index contributed by atoms with van der Waals surface area (Å²) in [6.07, 6.45) is 3.17. The average molecular weight is 222 g/mol. The van der Waals surface area contributed by atoms with Crippen LogP contribution in [0.25, 0.3) is 0 Å². The normalized spacial score (nSPS) is 10.7. The van der Waals surface area contributed by atoms with Crippen molar-refractivity contribution < 1.29 is 14.2 Å². The first kappa shape index (κ1) is 14.2. The van der Waals surface area contributed by atoms with E-state index in [1.165, 1.54) is 0 Å². The van der Waals surface area contributed by atoms with Crippen LogP contribution in [0.5, 0.6) is 0 Å². The predicted octanol–water partition coefficient (Wildman–Crippen LogP) is 1.77. The maximum absolute atomic E-state index is 5.35. The van der Waals surface area contributed by atoms with Gasteiger partial charge in [0.05, 0.1) is 13.2 Å². The minimum atomic E-state index is 0.685. The van der Waals surface area contributed by atoms with Crippen LogP contribution in [0.3, 0.4) is 0 Å². The first-order chi connectivity index (χ1) is 6.91. The lowest BCUT2D eigenvalue weighted by atomic mass is 10.4. The van der Waals surface area contributed by atoms with Gasteiger partial charge in [0.25, 0.3) is 0 Å². The van der Waals surface area contributed by atoms with Crippen LogP contribution in [0.1, 0.15) is 19.3 Å². The predicted molar refractivity (Wildman–Crippen MR) is 61.2 cm³/mol. The molecule has 0 saturated heterocycles. The van der Waals surface area contributed by atoms with Crippen LogP contribution in [-0.4, -0.2) is 45.9 Å². The van der Waals surface area contributed by atoms with Crippen LogP contribution in [-0.2, 0) is 14.2 Å². The molecule has 0 heterocycles. The van der Waals surface area contributed by atoms with E-state index in [2.05, 4.69) is 12.6 Å². The van der Waals surface area contributed by atoms with Crippen LogP contribution in [0.2, 0.25) is 0 Å². The molecule has 0 aromatic rings. The Hall–Kier alpha value is 0.230. The third-order valence-corrected chi connectivity index (χ3v) is 2.02. The van der Waals surface area contributed by atoms with Gasteiger partial charge >= 0.3 is 0 Å². The highest BCUT2D eigenvalue weighted by molar-refractivity contribution is 7.80. The standard InChI is InChI=1S/C10H22O3S/c1-11-5-4-7-13-9-8-12-6-2-3-10-14/h14H,2-10H2,1H3. The summed E-state index contributed by atoms with van der Waals surface area (Å²) < 4.78 is 15.6. The molecule has 0 fully saturated rings. The quantitative estimate of drug-likeness (QED) is 0.426. The van der Waals surface area contributed by atoms with E-state index in [0.717, 1.165) is 44.8 Å². The van der Waals surface area contributed by atoms with Crippen molar-refractivity contribution in [3.8, 4) is 0 Å². The van der Waals surface area contributed by atoms with Gasteiger partial charge in [-0.15, -0.1) is 0 Å². The zero-order valence-corrected chi connectivity index (χ0v) is 9.93. The highest BCUT2D eigenvalue weighted by Crippen LogP contribution is 1.92. The smallest absolute Gasteiger partial charge is 0.0700 e. The Morgan fingerprint density at radius 1 is 0.786 bits per heavy atom. The van der Waals surface area contributed by atoms with E-state index in [1.54, 1.807) is 7.11 Å². The van der Waals surface area contributed by atoms with Crippen LogP contribution in [0.15, 0.2) is 0 Å². The highest BCUT2D eigenvalue weighted by Gasteiger charge is 1.90. The fourth-order valence-electron chi connectivity index (χ4n) is 0.943. The number of hydrogen-bond donors (Lipinski definition) is 1. The van der Waals surface area contributed by atoms with Gasteiger partial charge in [-0.05, 0) is 25.0 Å². The number of rotatable bonds is 11. The largest absolute Gasteiger partial charge is 0.385 e. The van der Waals surface area contributed by atoms with Crippen molar-refractivity contribution in [3.63, 3.8) is 0 Å². The van der Waals surface area contributed by atoms with Crippen molar-refractivity contribution in [3.05, 3.63) is 0 Å². The van der Waals surface area contributed by atoms with Crippen molar-refractivity contribution >= 4 is 12.6 Å². The minimum Gasteiger partial charge on any atom is -0.385 e. The molecule has 0 aromatic carbocycles. The Morgan fingerprint density at radius 3 is 2.00 bits per heavy atom. The van der Waals surface area contributed by atoms with Crippen molar-refractivity contribution in [1.82, 2.24) is 0 Å². The molecule has 0 unspecified atom stereocenters. The summed E-state index contributed by atoms with van der Waals surface area (Å²) in [5.74, 6) is 0.941. The topological polar surface area (TPSA) is 27.7 Å². The molecule has 4 heteroatoms. The van der Waals surface area contributed by atoms with Crippen molar-refractivity contribution in [2.24, 2.45) is 0 Å². The maximum Gasteiger partial charge on any atom is 0.0700 e. The van der Waals surface area contributed by atoms with Gasteiger partial charge in [0.2, 0.25) is 0 Å². The van der Waals surface area contributed by atoms with Gasteiger partial charge in [0, 0.05) is 26.9 Å². The highest BCUT2D eigenvalue weighted by atomic mass is 32.1. The number of thiol groups is 1. The van der Waals surface area contributed by atoms with E-state index in [9.17, 15) is 0 Å². The van der Waals surface area contributed by atoms with Gasteiger partial charge < -0.3 is 14.2 Å². The molecule has 0 aliphatic carbocycles. The van der Waals surface area contributed by atoms with Gasteiger partial charge in [0.15, 0.2) is 0 Å². The minimum absolute atomic E-state index is 0.685. The van der Waals surface area contributed by atoms with Gasteiger partial charge in [-0.3, -0.25) is 0 Å². The molecule has 0 bridgehead atoms. The molecule has 86 valence electrons. The summed E-state index contributed by atoms with van der Waals surface area (Å²) in [7, 11) is 1.70. The first-order valence-corrected chi connectivity index (χ1v) is 5.80. The van der Waals surface area contributed by atoms with E-state index in [0.29, 0.717) is 13.2 Å². The molecule has 0 rings (SSSR count). The molecule has 0 aromatic heterocycles. The summed E-state index contributed by atoms with van der Waals surface area (Å²) in [5, 5.41) is 0. The van der Waals surface area contributed by atoms with Crippen LogP contribution in [0.4, 0.5) is 0 Å². The lowest BCUT2D eigenvalue weighted by molar-refractivity contribution is 0.0391. The van der Waals surface area contributed by atoms with Gasteiger partial charge in [-0.1, -0.05) is 0 Å². The summed E-state index contributed by atoms with van der Waals surface area (Å²) in [6, 6.07) is 0. The maximum atomic E-state index is 5.35. The molecule has 3 nitrogen and oxygen atoms in total. The molecule has 14 heavy (non-hydrogen) atoms. The molecule has 0 spiro atoms. The van der Waals surface area contributed by atoms with Gasteiger partial charge in [0.1, 0.15) is 0 Å². The third-order valence-electron chi connectivity index (χ3n) is 1.71. The Balaban J connectivity index is 2.78. The second-order valence-corrected chi connectivity index (χ2v) is 3.45. The van der Waals surface area contributed by atoms with E-state index in [1.807, 2.05) is 0 Å². The van der Waals surface area contributed by atoms with E-state index >= 15 is 0 Å². The summed E-state index contributed by atoms with van der Waals surface area (Å²) >= 11 is 4.12. The Morgan fingerprint density at radius 2 is 1.43 bits per heavy atom. The fraction of sp³-hybridized carbons (Fsp3) is 1.00. The molecular formula is C10H22O3S. The van der Waals surface area contributed by atoms with Crippen LogP contribution >= 0.6 is 12.6 Å². The van der Waals surface area contributed by atoms with Crippen LogP contribution < -0.4 is 0 Å². The Labute approximate surface area is 92.5 Å². The molecule has 0 saturated carbocycles. The Bertz CT molecular complexity index is 89.4. The molecular weight excluding hydrogens is 200 g/mol. The molecule has 0 aliphatic heterocycles. The molecule has 0 amide bonds. The lowest BCUT2D eigenvalue weighted by Crippen LogP contribution is -2.07. The van der Waals surface area contributed by atoms with Crippen LogP contribution in [0, 0.1) is 0 Å². The summed E-state index contributed by atoms with van der Waals surface area (Å²) in [4.78, 5) is 0. The monoisotopic (exact) mass is 222 g/mol. The van der Waals surface area contributed by atoms with Crippen molar-refractivity contribution in [2.45, 2.75) is 19.3 Å². The molecule has 0 atom stereocenters. The summed E-state index contributed by atoms with van der Waals surface area (Å²) in [5.41, 5.74) is 0. The van der Waals surface area contributed by atoms with Crippen molar-refractivity contribution in [1.29, 1.82) is 0 Å². The first-order valence-electron chi connectivity index (χ1n) is 5.17. The SMILES string of the molecule is COCCCOCCOCCCCS. The third kappa shape index (κ3) is 12.2.